The first-order chi connectivity index (χ1) is 11.1. The number of amides is 1. The Bertz CT molecular complexity index is 860. The van der Waals surface area contributed by atoms with Crippen LogP contribution in [0.2, 0.25) is 5.15 Å². The Morgan fingerprint density at radius 3 is 2.48 bits per heavy atom. The van der Waals surface area contributed by atoms with Crippen molar-refractivity contribution in [3.05, 3.63) is 71.0 Å². The Morgan fingerprint density at radius 1 is 1.13 bits per heavy atom. The van der Waals surface area contributed by atoms with Crippen molar-refractivity contribution in [2.24, 2.45) is 0 Å². The van der Waals surface area contributed by atoms with Crippen LogP contribution in [0.4, 0.5) is 5.69 Å². The van der Waals surface area contributed by atoms with Crippen LogP contribution in [0, 0.1) is 6.92 Å². The number of rotatable bonds is 3. The second-order valence-electron chi connectivity index (χ2n) is 4.97. The fourth-order valence-electron chi connectivity index (χ4n) is 2.26. The number of phenols is 1. The van der Waals surface area contributed by atoms with Crippen LogP contribution >= 0.6 is 11.6 Å². The molecule has 1 aromatic heterocycles. The quantitative estimate of drug-likeness (QED) is 0.719. The average molecular weight is 328 g/mol. The maximum absolute atomic E-state index is 12.5. The highest BCUT2D eigenvalue weighted by atomic mass is 35.5. The number of anilines is 1. The summed E-state index contributed by atoms with van der Waals surface area (Å²) in [6.45, 7) is 1.71. The number of nitrogens with one attached hydrogen (secondary N) is 1. The molecule has 23 heavy (non-hydrogen) atoms. The summed E-state index contributed by atoms with van der Waals surface area (Å²) in [5.41, 5.74) is 1.87. The van der Waals surface area contributed by atoms with Gasteiger partial charge in [0.05, 0.1) is 17.1 Å². The number of halogens is 1. The van der Waals surface area contributed by atoms with Crippen molar-refractivity contribution in [2.45, 2.75) is 6.92 Å². The van der Waals surface area contributed by atoms with Gasteiger partial charge in [-0.2, -0.15) is 5.10 Å². The van der Waals surface area contributed by atoms with Crippen molar-refractivity contribution in [1.29, 1.82) is 0 Å². The van der Waals surface area contributed by atoms with Crippen molar-refractivity contribution in [2.75, 3.05) is 5.32 Å². The summed E-state index contributed by atoms with van der Waals surface area (Å²) in [5.74, 6) is -0.429. The zero-order valence-corrected chi connectivity index (χ0v) is 13.1. The molecule has 0 spiro atoms. The normalized spacial score (nSPS) is 10.5. The first kappa shape index (κ1) is 15.1. The number of aromatic hydroxyl groups is 1. The lowest BCUT2D eigenvalue weighted by molar-refractivity contribution is 0.102. The number of phenolic OH excluding ortho intramolecular Hbond substituents is 1. The molecule has 3 rings (SSSR count). The third-order valence-electron chi connectivity index (χ3n) is 3.38. The SMILES string of the molecule is Cc1nn(-c2ccccc2)c(Cl)c1C(=O)Nc1ccccc1O. The smallest absolute Gasteiger partial charge is 0.260 e. The monoisotopic (exact) mass is 327 g/mol. The molecule has 0 bridgehead atoms. The summed E-state index contributed by atoms with van der Waals surface area (Å²) < 4.78 is 1.51. The van der Waals surface area contributed by atoms with E-state index in [4.69, 9.17) is 11.6 Å². The standard InChI is InChI=1S/C17H14ClN3O2/c1-11-15(17(23)19-13-9-5-6-10-14(13)22)16(18)21(20-11)12-7-3-2-4-8-12/h2-10,22H,1H3,(H,19,23). The molecule has 5 nitrogen and oxygen atoms in total. The summed E-state index contributed by atoms with van der Waals surface area (Å²) in [5, 5.41) is 17.0. The number of hydrogen-bond acceptors (Lipinski definition) is 3. The van der Waals surface area contributed by atoms with Crippen LogP contribution in [-0.4, -0.2) is 20.8 Å². The van der Waals surface area contributed by atoms with E-state index in [1.807, 2.05) is 30.3 Å². The first-order valence-corrected chi connectivity index (χ1v) is 7.35. The molecule has 1 heterocycles. The predicted molar refractivity (Wildman–Crippen MR) is 89.4 cm³/mol. The molecule has 0 saturated carbocycles. The van der Waals surface area contributed by atoms with E-state index in [2.05, 4.69) is 10.4 Å². The van der Waals surface area contributed by atoms with Crippen LogP contribution in [-0.2, 0) is 0 Å². The van der Waals surface area contributed by atoms with Gasteiger partial charge in [-0.1, -0.05) is 41.9 Å². The molecule has 0 aliphatic rings. The van der Waals surface area contributed by atoms with Crippen molar-refractivity contribution >= 4 is 23.2 Å². The van der Waals surface area contributed by atoms with Crippen LogP contribution in [0.25, 0.3) is 5.69 Å². The number of aryl methyl sites for hydroxylation is 1. The van der Waals surface area contributed by atoms with Crippen LogP contribution in [0.15, 0.2) is 54.6 Å². The molecular weight excluding hydrogens is 314 g/mol. The lowest BCUT2D eigenvalue weighted by Gasteiger charge is -2.07. The third kappa shape index (κ3) is 2.91. The Balaban J connectivity index is 1.96. The van der Waals surface area contributed by atoms with E-state index in [0.717, 1.165) is 5.69 Å². The van der Waals surface area contributed by atoms with Crippen molar-refractivity contribution in [3.8, 4) is 11.4 Å². The highest BCUT2D eigenvalue weighted by molar-refractivity contribution is 6.34. The zero-order valence-electron chi connectivity index (χ0n) is 12.3. The Hall–Kier alpha value is -2.79. The van der Waals surface area contributed by atoms with Crippen LogP contribution in [0.5, 0.6) is 5.75 Å². The molecule has 0 unspecified atom stereocenters. The number of carbonyl (C=O) groups excluding carboxylic acids is 1. The molecule has 1 amide bonds. The molecular formula is C17H14ClN3O2. The number of carbonyl (C=O) groups is 1. The van der Waals surface area contributed by atoms with Gasteiger partial charge in [-0.3, -0.25) is 4.79 Å². The zero-order chi connectivity index (χ0) is 16.4. The van der Waals surface area contributed by atoms with Gasteiger partial charge in [-0.15, -0.1) is 0 Å². The van der Waals surface area contributed by atoms with Crippen molar-refractivity contribution in [1.82, 2.24) is 9.78 Å². The molecule has 6 heteroatoms. The van der Waals surface area contributed by atoms with Crippen LogP contribution < -0.4 is 5.32 Å². The van der Waals surface area contributed by atoms with E-state index >= 15 is 0 Å². The summed E-state index contributed by atoms with van der Waals surface area (Å²) in [6.07, 6.45) is 0. The van der Waals surface area contributed by atoms with E-state index in [-0.39, 0.29) is 16.5 Å². The van der Waals surface area contributed by atoms with E-state index in [0.29, 0.717) is 11.4 Å². The lowest BCUT2D eigenvalue weighted by Crippen LogP contribution is -2.13. The van der Waals surface area contributed by atoms with Gasteiger partial charge >= 0.3 is 0 Å². The third-order valence-corrected chi connectivity index (χ3v) is 3.73. The Kier molecular flexibility index (Phi) is 4.04. The second kappa shape index (κ2) is 6.14. The Morgan fingerprint density at radius 2 is 1.78 bits per heavy atom. The van der Waals surface area contributed by atoms with E-state index < -0.39 is 5.91 Å². The lowest BCUT2D eigenvalue weighted by atomic mass is 10.2. The molecule has 0 aliphatic heterocycles. The summed E-state index contributed by atoms with van der Waals surface area (Å²) >= 11 is 6.34. The summed E-state index contributed by atoms with van der Waals surface area (Å²) in [7, 11) is 0. The van der Waals surface area contributed by atoms with E-state index in [1.54, 1.807) is 25.1 Å². The largest absolute Gasteiger partial charge is 0.506 e. The number of benzene rings is 2. The second-order valence-corrected chi connectivity index (χ2v) is 5.33. The van der Waals surface area contributed by atoms with Gasteiger partial charge in [-0.25, -0.2) is 4.68 Å². The molecule has 3 aromatic rings. The number of hydrogen-bond donors (Lipinski definition) is 2. The maximum atomic E-state index is 12.5. The fraction of sp³-hybridized carbons (Fsp3) is 0.0588. The number of aromatic nitrogens is 2. The highest BCUT2D eigenvalue weighted by Crippen LogP contribution is 2.27. The highest BCUT2D eigenvalue weighted by Gasteiger charge is 2.21. The van der Waals surface area contributed by atoms with Gasteiger partial charge in [0.15, 0.2) is 0 Å². The summed E-state index contributed by atoms with van der Waals surface area (Å²) in [4.78, 5) is 12.5. The Labute approximate surface area is 138 Å². The van der Waals surface area contributed by atoms with Gasteiger partial charge in [-0.05, 0) is 31.2 Å². The van der Waals surface area contributed by atoms with E-state index in [9.17, 15) is 9.90 Å². The van der Waals surface area contributed by atoms with E-state index in [1.165, 1.54) is 10.7 Å². The molecule has 116 valence electrons. The number of nitrogens with zero attached hydrogens (tertiary/aromatic N) is 2. The molecule has 0 fully saturated rings. The predicted octanol–water partition coefficient (Wildman–Crippen LogP) is 3.79. The van der Waals surface area contributed by atoms with Gasteiger partial charge in [0, 0.05) is 0 Å². The minimum Gasteiger partial charge on any atom is -0.506 e. The fourth-order valence-corrected chi connectivity index (χ4v) is 2.62. The maximum Gasteiger partial charge on any atom is 0.260 e. The van der Waals surface area contributed by atoms with Crippen LogP contribution in [0.3, 0.4) is 0 Å². The van der Waals surface area contributed by atoms with Gasteiger partial charge in [0.1, 0.15) is 16.5 Å². The minimum atomic E-state index is -0.420. The summed E-state index contributed by atoms with van der Waals surface area (Å²) in [6, 6.07) is 15.8. The molecule has 0 atom stereocenters. The average Bonchev–Trinajstić information content (AvgIpc) is 2.85. The molecule has 0 saturated heterocycles. The molecule has 0 radical (unpaired) electrons. The minimum absolute atomic E-state index is 0.00919. The topological polar surface area (TPSA) is 67.2 Å². The van der Waals surface area contributed by atoms with Crippen molar-refractivity contribution < 1.29 is 9.90 Å². The van der Waals surface area contributed by atoms with Crippen LogP contribution in [0.1, 0.15) is 16.1 Å². The van der Waals surface area contributed by atoms with Gasteiger partial charge < -0.3 is 10.4 Å². The molecule has 0 aliphatic carbocycles. The van der Waals surface area contributed by atoms with Gasteiger partial charge in [0.25, 0.3) is 5.91 Å². The van der Waals surface area contributed by atoms with Crippen molar-refractivity contribution in [3.63, 3.8) is 0 Å². The molecule has 2 N–H and O–H groups in total. The number of para-hydroxylation sites is 3. The first-order valence-electron chi connectivity index (χ1n) is 6.98. The van der Waals surface area contributed by atoms with Gasteiger partial charge in [0.2, 0.25) is 0 Å². The molecule has 2 aromatic carbocycles.